The van der Waals surface area contributed by atoms with Crippen molar-refractivity contribution >= 4 is 11.6 Å². The number of carbonyl (C=O) groups is 1. The van der Waals surface area contributed by atoms with Crippen molar-refractivity contribution in [3.8, 4) is 0 Å². The minimum absolute atomic E-state index is 0.208. The van der Waals surface area contributed by atoms with Gasteiger partial charge in [-0.3, -0.25) is 14.6 Å². The highest BCUT2D eigenvalue weighted by Crippen LogP contribution is 2.27. The van der Waals surface area contributed by atoms with Crippen LogP contribution in [0.15, 0.2) is 30.3 Å². The highest BCUT2D eigenvalue weighted by atomic mass is 16.2. The Hall–Kier alpha value is -1.35. The highest BCUT2D eigenvalue weighted by Gasteiger charge is 2.33. The molecule has 1 aliphatic rings. The van der Waals surface area contributed by atoms with E-state index in [4.69, 9.17) is 0 Å². The highest BCUT2D eigenvalue weighted by molar-refractivity contribution is 5.96. The second kappa shape index (κ2) is 4.03. The van der Waals surface area contributed by atoms with Crippen LogP contribution in [0.5, 0.6) is 0 Å². The van der Waals surface area contributed by atoms with Gasteiger partial charge in [0.1, 0.15) is 0 Å². The summed E-state index contributed by atoms with van der Waals surface area (Å²) in [6.45, 7) is 0. The number of hydrogen-bond acceptors (Lipinski definition) is 2. The van der Waals surface area contributed by atoms with Crippen LogP contribution in [-0.2, 0) is 4.79 Å². The van der Waals surface area contributed by atoms with Crippen molar-refractivity contribution in [2.75, 3.05) is 19.0 Å². The van der Waals surface area contributed by atoms with Gasteiger partial charge in [-0.15, -0.1) is 0 Å². The van der Waals surface area contributed by atoms with E-state index in [0.29, 0.717) is 6.42 Å². The molecular formula is C12H16N2O. The van der Waals surface area contributed by atoms with Crippen molar-refractivity contribution in [3.05, 3.63) is 30.3 Å². The van der Waals surface area contributed by atoms with Crippen LogP contribution in [0.3, 0.4) is 0 Å². The number of anilines is 1. The summed E-state index contributed by atoms with van der Waals surface area (Å²) in [5.41, 5.74) is 0.999. The summed E-state index contributed by atoms with van der Waals surface area (Å²) in [5.74, 6) is 0.222. The van der Waals surface area contributed by atoms with E-state index >= 15 is 0 Å². The van der Waals surface area contributed by atoms with E-state index in [1.807, 2.05) is 49.3 Å². The normalized spacial score (nSPS) is 21.4. The summed E-state index contributed by atoms with van der Waals surface area (Å²) in [4.78, 5) is 15.8. The molecule has 2 rings (SSSR count). The molecule has 0 aliphatic carbocycles. The van der Waals surface area contributed by atoms with Crippen LogP contribution in [0.2, 0.25) is 0 Å². The lowest BCUT2D eigenvalue weighted by Crippen LogP contribution is -2.42. The van der Waals surface area contributed by atoms with Crippen molar-refractivity contribution in [1.29, 1.82) is 0 Å². The molecule has 1 unspecified atom stereocenters. The van der Waals surface area contributed by atoms with Gasteiger partial charge < -0.3 is 0 Å². The number of nitrogens with zero attached hydrogens (tertiary/aromatic N) is 2. The molecule has 1 aliphatic heterocycles. The molecule has 1 saturated heterocycles. The zero-order valence-corrected chi connectivity index (χ0v) is 9.18. The SMILES string of the molecule is CN(C)C1CCC(=O)N1c1ccccc1. The van der Waals surface area contributed by atoms with Gasteiger partial charge in [0.05, 0.1) is 6.17 Å². The van der Waals surface area contributed by atoms with Crippen LogP contribution in [-0.4, -0.2) is 31.1 Å². The summed E-state index contributed by atoms with van der Waals surface area (Å²) in [6, 6.07) is 9.87. The first-order chi connectivity index (χ1) is 7.20. The molecule has 1 atom stereocenters. The molecule has 1 fully saturated rings. The van der Waals surface area contributed by atoms with Gasteiger partial charge in [-0.05, 0) is 32.6 Å². The van der Waals surface area contributed by atoms with Crippen LogP contribution in [0.1, 0.15) is 12.8 Å². The molecular weight excluding hydrogens is 188 g/mol. The average molecular weight is 204 g/mol. The Balaban J connectivity index is 2.29. The van der Waals surface area contributed by atoms with Crippen molar-refractivity contribution in [3.63, 3.8) is 0 Å². The molecule has 15 heavy (non-hydrogen) atoms. The average Bonchev–Trinajstić information content (AvgIpc) is 2.61. The van der Waals surface area contributed by atoms with Gasteiger partial charge in [0, 0.05) is 12.1 Å². The Bertz CT molecular complexity index is 348. The molecule has 1 heterocycles. The van der Waals surface area contributed by atoms with E-state index in [1.54, 1.807) is 0 Å². The smallest absolute Gasteiger partial charge is 0.228 e. The van der Waals surface area contributed by atoms with Crippen molar-refractivity contribution in [2.24, 2.45) is 0 Å². The lowest BCUT2D eigenvalue weighted by Gasteiger charge is -2.29. The fourth-order valence-corrected chi connectivity index (χ4v) is 2.06. The number of para-hydroxylation sites is 1. The molecule has 1 aromatic rings. The Kier molecular flexibility index (Phi) is 2.73. The fraction of sp³-hybridized carbons (Fsp3) is 0.417. The Morgan fingerprint density at radius 3 is 2.53 bits per heavy atom. The number of hydrogen-bond donors (Lipinski definition) is 0. The van der Waals surface area contributed by atoms with Gasteiger partial charge in [0.2, 0.25) is 5.91 Å². The zero-order chi connectivity index (χ0) is 10.8. The number of rotatable bonds is 2. The summed E-state index contributed by atoms with van der Waals surface area (Å²) in [5, 5.41) is 0. The van der Waals surface area contributed by atoms with E-state index in [1.165, 1.54) is 0 Å². The summed E-state index contributed by atoms with van der Waals surface area (Å²) in [7, 11) is 4.03. The maximum absolute atomic E-state index is 11.8. The lowest BCUT2D eigenvalue weighted by molar-refractivity contribution is -0.117. The number of carbonyl (C=O) groups excluding carboxylic acids is 1. The van der Waals surface area contributed by atoms with Gasteiger partial charge in [-0.1, -0.05) is 18.2 Å². The second-order valence-corrected chi connectivity index (χ2v) is 4.08. The molecule has 1 aromatic carbocycles. The molecule has 3 nitrogen and oxygen atoms in total. The Labute approximate surface area is 90.3 Å². The third-order valence-corrected chi connectivity index (χ3v) is 2.81. The minimum Gasteiger partial charge on any atom is -0.296 e. The van der Waals surface area contributed by atoms with Crippen molar-refractivity contribution < 1.29 is 4.79 Å². The Morgan fingerprint density at radius 1 is 1.27 bits per heavy atom. The van der Waals surface area contributed by atoms with Gasteiger partial charge >= 0.3 is 0 Å². The standard InChI is InChI=1S/C12H16N2O/c1-13(2)11-8-9-12(15)14(11)10-6-4-3-5-7-10/h3-7,11H,8-9H2,1-2H3. The fourth-order valence-electron chi connectivity index (χ4n) is 2.06. The molecule has 0 spiro atoms. The molecule has 3 heteroatoms. The molecule has 80 valence electrons. The topological polar surface area (TPSA) is 23.6 Å². The van der Waals surface area contributed by atoms with Gasteiger partial charge in [0.15, 0.2) is 0 Å². The van der Waals surface area contributed by atoms with Crippen LogP contribution in [0.4, 0.5) is 5.69 Å². The largest absolute Gasteiger partial charge is 0.296 e. The molecule has 0 aromatic heterocycles. The van der Waals surface area contributed by atoms with Gasteiger partial charge in [-0.2, -0.15) is 0 Å². The summed E-state index contributed by atoms with van der Waals surface area (Å²) in [6.07, 6.45) is 1.78. The van der Waals surface area contributed by atoms with Crippen LogP contribution >= 0.6 is 0 Å². The van der Waals surface area contributed by atoms with E-state index in [2.05, 4.69) is 4.90 Å². The molecule has 0 N–H and O–H groups in total. The lowest BCUT2D eigenvalue weighted by atomic mass is 10.3. The minimum atomic E-state index is 0.208. The van der Waals surface area contributed by atoms with Crippen LogP contribution in [0, 0.1) is 0 Å². The second-order valence-electron chi connectivity index (χ2n) is 4.08. The first kappa shape index (κ1) is 10.2. The quantitative estimate of drug-likeness (QED) is 0.732. The van der Waals surface area contributed by atoms with E-state index in [-0.39, 0.29) is 12.1 Å². The monoisotopic (exact) mass is 204 g/mol. The van der Waals surface area contributed by atoms with E-state index < -0.39 is 0 Å². The van der Waals surface area contributed by atoms with Crippen LogP contribution < -0.4 is 4.90 Å². The maximum atomic E-state index is 11.8. The van der Waals surface area contributed by atoms with E-state index in [9.17, 15) is 4.79 Å². The number of benzene rings is 1. The molecule has 1 amide bonds. The molecule has 0 saturated carbocycles. The predicted octanol–water partition coefficient (Wildman–Crippen LogP) is 1.70. The predicted molar refractivity (Wildman–Crippen MR) is 60.6 cm³/mol. The summed E-state index contributed by atoms with van der Waals surface area (Å²) < 4.78 is 0. The zero-order valence-electron chi connectivity index (χ0n) is 9.18. The first-order valence-corrected chi connectivity index (χ1v) is 5.23. The molecule has 0 bridgehead atoms. The van der Waals surface area contributed by atoms with Gasteiger partial charge in [0.25, 0.3) is 0 Å². The van der Waals surface area contributed by atoms with Crippen molar-refractivity contribution in [1.82, 2.24) is 4.90 Å². The third kappa shape index (κ3) is 1.88. The van der Waals surface area contributed by atoms with Crippen LogP contribution in [0.25, 0.3) is 0 Å². The summed E-state index contributed by atoms with van der Waals surface area (Å²) >= 11 is 0. The first-order valence-electron chi connectivity index (χ1n) is 5.23. The maximum Gasteiger partial charge on any atom is 0.228 e. The Morgan fingerprint density at radius 2 is 1.93 bits per heavy atom. The van der Waals surface area contributed by atoms with Gasteiger partial charge in [-0.25, -0.2) is 0 Å². The van der Waals surface area contributed by atoms with E-state index in [0.717, 1.165) is 12.1 Å². The van der Waals surface area contributed by atoms with Crippen molar-refractivity contribution in [2.45, 2.75) is 19.0 Å². The number of amides is 1. The third-order valence-electron chi connectivity index (χ3n) is 2.81. The molecule has 0 radical (unpaired) electrons.